The zero-order valence-corrected chi connectivity index (χ0v) is 45.8. The molecule has 0 aromatic heterocycles. The number of hydrogen-bond acceptors (Lipinski definition) is 2. The van der Waals surface area contributed by atoms with Crippen molar-refractivity contribution in [3.63, 3.8) is 0 Å². The molecule has 4 aliphatic rings. The Morgan fingerprint density at radius 1 is 0.298 bits per heavy atom. The van der Waals surface area contributed by atoms with Crippen LogP contribution >= 0.6 is 0 Å². The van der Waals surface area contributed by atoms with Crippen molar-refractivity contribution in [2.75, 3.05) is 0 Å². The lowest BCUT2D eigenvalue weighted by molar-refractivity contribution is 0.0281. The van der Waals surface area contributed by atoms with Crippen molar-refractivity contribution in [3.8, 4) is 61.4 Å². The molecular weight excluding hydrogens is 1020 g/mol. The zero-order valence-electron chi connectivity index (χ0n) is 45.8. The molecule has 14 aromatic rings. The van der Waals surface area contributed by atoms with Crippen LogP contribution < -0.4 is 15.2 Å². The first-order chi connectivity index (χ1) is 41.7. The minimum absolute atomic E-state index is 0.0516. The van der Waals surface area contributed by atoms with Gasteiger partial charge >= 0.3 is 0 Å². The van der Waals surface area contributed by atoms with Crippen molar-refractivity contribution in [1.29, 1.82) is 0 Å². The van der Waals surface area contributed by atoms with Crippen LogP contribution in [0.2, 0.25) is 0 Å². The Kier molecular flexibility index (Phi) is 10.5. The van der Waals surface area contributed by atoms with Gasteiger partial charge in [0.1, 0.15) is 11.9 Å². The molecule has 4 atom stereocenters. The number of allylic oxidation sites excluding steroid dienone is 2. The Bertz CT molecular complexity index is 5240. The van der Waals surface area contributed by atoms with E-state index < -0.39 is 0 Å². The minimum Gasteiger partial charge on any atom is -0.482 e. The lowest BCUT2D eigenvalue weighted by Crippen LogP contribution is -2.45. The minimum atomic E-state index is -0.305. The van der Waals surface area contributed by atoms with Crippen molar-refractivity contribution in [2.45, 2.75) is 18.3 Å². The highest BCUT2D eigenvalue weighted by Crippen LogP contribution is 2.53. The molecule has 2 nitrogen and oxygen atoms in total. The van der Waals surface area contributed by atoms with Crippen molar-refractivity contribution >= 4 is 81.4 Å². The summed E-state index contributed by atoms with van der Waals surface area (Å²) in [6, 6.07) is 101. The maximum atomic E-state index is 7.48. The molecule has 4 unspecified atom stereocenters. The van der Waals surface area contributed by atoms with Crippen LogP contribution in [0.4, 0.5) is 0 Å². The van der Waals surface area contributed by atoms with E-state index in [1.165, 1.54) is 147 Å². The van der Waals surface area contributed by atoms with E-state index in [4.69, 9.17) is 9.47 Å². The van der Waals surface area contributed by atoms with Crippen LogP contribution in [0.5, 0.6) is 5.75 Å². The van der Waals surface area contributed by atoms with Crippen LogP contribution in [-0.4, -0.2) is 18.3 Å². The predicted molar refractivity (Wildman–Crippen MR) is 350 cm³/mol. The highest BCUT2D eigenvalue weighted by atomic mass is 16.6. The van der Waals surface area contributed by atoms with Gasteiger partial charge in [0.25, 0.3) is 0 Å². The molecule has 392 valence electrons. The molecule has 2 heterocycles. The topological polar surface area (TPSA) is 18.5 Å². The second kappa shape index (κ2) is 18.6. The van der Waals surface area contributed by atoms with Gasteiger partial charge < -0.3 is 9.47 Å². The fraction of sp³-hybridized carbons (Fsp3) is 0.0488. The molecule has 84 heavy (non-hydrogen) atoms. The van der Waals surface area contributed by atoms with E-state index in [1.54, 1.807) is 0 Å². The summed E-state index contributed by atoms with van der Waals surface area (Å²) >= 11 is 0. The van der Waals surface area contributed by atoms with Gasteiger partial charge in [0.15, 0.2) is 6.10 Å². The van der Waals surface area contributed by atoms with Gasteiger partial charge in [-0.15, -0.1) is 0 Å². The van der Waals surface area contributed by atoms with Crippen LogP contribution in [-0.2, 0) is 4.74 Å². The van der Waals surface area contributed by atoms with Gasteiger partial charge in [0.2, 0.25) is 0 Å². The van der Waals surface area contributed by atoms with Crippen molar-refractivity contribution < 1.29 is 9.47 Å². The summed E-state index contributed by atoms with van der Waals surface area (Å²) in [5, 5.41) is 17.2. The second-order valence-corrected chi connectivity index (χ2v) is 23.0. The molecule has 0 amide bonds. The molecule has 1 saturated heterocycles. The summed E-state index contributed by atoms with van der Waals surface area (Å²) in [5.74, 6) is 0.947. The summed E-state index contributed by atoms with van der Waals surface area (Å²) < 4.78 is 14.9. The Labute approximate surface area is 486 Å². The van der Waals surface area contributed by atoms with Crippen molar-refractivity contribution in [3.05, 3.63) is 313 Å². The van der Waals surface area contributed by atoms with E-state index in [2.05, 4.69) is 291 Å². The Balaban J connectivity index is 0.743. The molecule has 0 N–H and O–H groups in total. The van der Waals surface area contributed by atoms with Crippen LogP contribution in [0.3, 0.4) is 0 Å². The lowest BCUT2D eigenvalue weighted by Gasteiger charge is -2.25. The monoisotopic (exact) mass is 1070 g/mol. The van der Waals surface area contributed by atoms with Crippen molar-refractivity contribution in [2.24, 2.45) is 5.92 Å². The number of benzene rings is 14. The molecule has 2 aliphatic heterocycles. The van der Waals surface area contributed by atoms with Gasteiger partial charge in [-0.25, -0.2) is 0 Å². The SMILES string of the molecule is C1=CC2C3=c4ccccc4=C4c5ccc(-c6c7ccccc7c(-c7ccccc7-c7cccc8ccccc78)c7ccccc67)cc5OC4C3OC2C=C1c1c2ccccc2c(-c2ccccc2-c2cccc3ccccc23)c2ccccc12. The van der Waals surface area contributed by atoms with E-state index in [9.17, 15) is 0 Å². The van der Waals surface area contributed by atoms with Crippen LogP contribution in [0.25, 0.3) is 137 Å². The largest absolute Gasteiger partial charge is 0.482 e. The molecule has 1 fully saturated rings. The van der Waals surface area contributed by atoms with E-state index >= 15 is 0 Å². The van der Waals surface area contributed by atoms with Crippen LogP contribution in [0.15, 0.2) is 291 Å². The first-order valence-electron chi connectivity index (χ1n) is 29.4. The average molecular weight is 1070 g/mol. The summed E-state index contributed by atoms with van der Waals surface area (Å²) in [6.07, 6.45) is 6.44. The van der Waals surface area contributed by atoms with Gasteiger partial charge in [-0.05, 0) is 160 Å². The number of ether oxygens (including phenoxy) is 2. The molecule has 14 aromatic carbocycles. The highest BCUT2D eigenvalue weighted by molar-refractivity contribution is 6.24. The molecular formula is C82H52O2. The quantitative estimate of drug-likeness (QED) is 0.155. The van der Waals surface area contributed by atoms with E-state index in [0.717, 1.165) is 16.9 Å². The molecule has 0 saturated carbocycles. The van der Waals surface area contributed by atoms with Crippen LogP contribution in [0.1, 0.15) is 11.1 Å². The zero-order chi connectivity index (χ0) is 55.0. The van der Waals surface area contributed by atoms with Gasteiger partial charge in [0, 0.05) is 17.1 Å². The molecule has 0 spiro atoms. The predicted octanol–water partition coefficient (Wildman–Crippen LogP) is 19.1. The van der Waals surface area contributed by atoms with E-state index in [0.29, 0.717) is 0 Å². The van der Waals surface area contributed by atoms with E-state index in [1.807, 2.05) is 0 Å². The summed E-state index contributed by atoms with van der Waals surface area (Å²) in [5.41, 5.74) is 18.3. The van der Waals surface area contributed by atoms with Gasteiger partial charge in [0.05, 0.1) is 6.10 Å². The number of hydrogen-bond donors (Lipinski definition) is 0. The first kappa shape index (κ1) is 47.3. The van der Waals surface area contributed by atoms with Gasteiger partial charge in [-0.1, -0.05) is 279 Å². The lowest BCUT2D eigenvalue weighted by atomic mass is 9.78. The summed E-state index contributed by atoms with van der Waals surface area (Å²) in [6.45, 7) is 0. The van der Waals surface area contributed by atoms with Gasteiger partial charge in [-0.2, -0.15) is 0 Å². The maximum absolute atomic E-state index is 7.48. The second-order valence-electron chi connectivity index (χ2n) is 23.0. The Hall–Kier alpha value is -10.4. The first-order valence-corrected chi connectivity index (χ1v) is 29.4. The molecule has 18 rings (SSSR count). The van der Waals surface area contributed by atoms with Gasteiger partial charge in [-0.3, -0.25) is 0 Å². The third kappa shape index (κ3) is 6.95. The normalized spacial score (nSPS) is 17.5. The fourth-order valence-corrected chi connectivity index (χ4v) is 15.3. The van der Waals surface area contributed by atoms with E-state index in [-0.39, 0.29) is 24.2 Å². The Morgan fingerprint density at radius 3 is 1.25 bits per heavy atom. The standard InChI is InChI=1S/C82H52O2/c1-3-25-53-49(21-1)23-19-41-55(53)57-27-5-7-29-59(57)77-65-35-13-9-31-61(65)75(62-32-10-14-36-66(62)77)51-43-45-71-73(47-51)83-81-79(71)69-39-17-18-40-70(69)80-72-46-44-52(48-74(72)84-82(80)81)76-63-33-11-15-37-67(63)78(68-38-16-12-34-64(68)76)60-30-8-6-28-58(60)56-42-20-24-50-22-2-4-26-54(50)56/h1-48,71,73,81-82H. The van der Waals surface area contributed by atoms with Crippen LogP contribution in [0, 0.1) is 5.92 Å². The maximum Gasteiger partial charge on any atom is 0.155 e. The molecule has 0 radical (unpaired) electrons. The highest BCUT2D eigenvalue weighted by Gasteiger charge is 2.50. The molecule has 2 heteroatoms. The smallest absolute Gasteiger partial charge is 0.155 e. The molecule has 2 aliphatic carbocycles. The summed E-state index contributed by atoms with van der Waals surface area (Å²) in [4.78, 5) is 0. The third-order valence-corrected chi connectivity index (χ3v) is 18.8. The fourth-order valence-electron chi connectivity index (χ4n) is 15.3. The third-order valence-electron chi connectivity index (χ3n) is 18.8. The summed E-state index contributed by atoms with van der Waals surface area (Å²) in [7, 11) is 0. The Morgan fingerprint density at radius 2 is 0.714 bits per heavy atom. The van der Waals surface area contributed by atoms with Crippen molar-refractivity contribution in [1.82, 2.24) is 0 Å². The molecule has 0 bridgehead atoms. The number of rotatable bonds is 6. The average Bonchev–Trinajstić information content (AvgIpc) is 1.61. The number of fused-ring (bicyclic) bond motifs is 14.